The first-order chi connectivity index (χ1) is 12.7. The summed E-state index contributed by atoms with van der Waals surface area (Å²) in [6.45, 7) is 3.07. The van der Waals surface area contributed by atoms with E-state index in [9.17, 15) is 8.78 Å². The summed E-state index contributed by atoms with van der Waals surface area (Å²) in [7, 11) is 0. The van der Waals surface area contributed by atoms with Crippen LogP contribution in [0.4, 0.5) is 8.78 Å². The molecule has 0 saturated heterocycles. The second kappa shape index (κ2) is 12.2. The molecule has 2 rings (SSSR count). The molecule has 0 aliphatic heterocycles. The highest BCUT2D eigenvalue weighted by molar-refractivity contribution is 5.66. The summed E-state index contributed by atoms with van der Waals surface area (Å²) in [5.41, 5.74) is 1.31. The zero-order chi connectivity index (χ0) is 18.6. The summed E-state index contributed by atoms with van der Waals surface area (Å²) < 4.78 is 33.2. The van der Waals surface area contributed by atoms with Gasteiger partial charge in [-0.3, -0.25) is 0 Å². The molecule has 1 unspecified atom stereocenters. The van der Waals surface area contributed by atoms with Crippen molar-refractivity contribution in [1.82, 2.24) is 0 Å². The molecule has 0 spiro atoms. The van der Waals surface area contributed by atoms with Gasteiger partial charge in [-0.25, -0.2) is 8.78 Å². The van der Waals surface area contributed by atoms with Crippen LogP contribution in [0.15, 0.2) is 24.3 Å². The molecule has 0 bridgehead atoms. The van der Waals surface area contributed by atoms with E-state index in [1.54, 1.807) is 12.1 Å². The number of ether oxygens (including phenoxy) is 1. The van der Waals surface area contributed by atoms with E-state index in [-0.39, 0.29) is 6.10 Å². The zero-order valence-electron chi connectivity index (χ0n) is 16.2. The minimum absolute atomic E-state index is 0.226. The fraction of sp³-hybridized carbons (Fsp3) is 0.652. The Kier molecular flexibility index (Phi) is 9.91. The molecule has 1 aromatic rings. The number of allylic oxidation sites excluding steroid dienone is 1. The van der Waals surface area contributed by atoms with Crippen LogP contribution < -0.4 is 0 Å². The van der Waals surface area contributed by atoms with Crippen LogP contribution in [0.5, 0.6) is 0 Å². The lowest BCUT2D eigenvalue weighted by Crippen LogP contribution is -2.16. The summed E-state index contributed by atoms with van der Waals surface area (Å²) >= 11 is 0. The van der Waals surface area contributed by atoms with E-state index >= 15 is 0 Å². The van der Waals surface area contributed by atoms with E-state index in [1.807, 2.05) is 6.08 Å². The van der Waals surface area contributed by atoms with Gasteiger partial charge in [-0.2, -0.15) is 0 Å². The van der Waals surface area contributed by atoms with Crippen LogP contribution in [0.1, 0.15) is 89.5 Å². The summed E-state index contributed by atoms with van der Waals surface area (Å²) in [5, 5.41) is 0. The quantitative estimate of drug-likeness (QED) is 0.350. The van der Waals surface area contributed by atoms with Crippen LogP contribution in [0.25, 0.3) is 5.57 Å². The van der Waals surface area contributed by atoms with Crippen molar-refractivity contribution >= 4 is 5.57 Å². The lowest BCUT2D eigenvalue weighted by molar-refractivity contribution is 0.0458. The molecule has 0 N–H and O–H groups in total. The molecular formula is C23H34F2O. The standard InChI is InChI=1S/C23H34F2O/c1-2-3-4-5-6-7-8-9-10-18-26-20-16-14-19(15-17-20)21-12-11-13-22(24)23(21)25/h11-14,20H,2-10,15-18H2,1H3. The molecule has 1 atom stereocenters. The van der Waals surface area contributed by atoms with Gasteiger partial charge in [0.1, 0.15) is 0 Å². The molecule has 0 saturated carbocycles. The highest BCUT2D eigenvalue weighted by Crippen LogP contribution is 2.30. The van der Waals surface area contributed by atoms with Gasteiger partial charge in [-0.05, 0) is 37.3 Å². The first kappa shape index (κ1) is 21.1. The Morgan fingerprint density at radius 1 is 0.962 bits per heavy atom. The predicted octanol–water partition coefficient (Wildman–Crippen LogP) is 7.45. The van der Waals surface area contributed by atoms with E-state index in [2.05, 4.69) is 6.92 Å². The molecular weight excluding hydrogens is 330 g/mol. The van der Waals surface area contributed by atoms with Gasteiger partial charge >= 0.3 is 0 Å². The number of unbranched alkanes of at least 4 members (excludes halogenated alkanes) is 8. The van der Waals surface area contributed by atoms with Gasteiger partial charge in [0, 0.05) is 12.2 Å². The van der Waals surface area contributed by atoms with Crippen molar-refractivity contribution < 1.29 is 13.5 Å². The van der Waals surface area contributed by atoms with Crippen LogP contribution >= 0.6 is 0 Å². The topological polar surface area (TPSA) is 9.23 Å². The van der Waals surface area contributed by atoms with Crippen molar-refractivity contribution in [3.8, 4) is 0 Å². The monoisotopic (exact) mass is 364 g/mol. The minimum Gasteiger partial charge on any atom is -0.378 e. The van der Waals surface area contributed by atoms with Gasteiger partial charge in [-0.1, -0.05) is 76.5 Å². The number of hydrogen-bond acceptors (Lipinski definition) is 1. The second-order valence-electron chi connectivity index (χ2n) is 7.43. The van der Waals surface area contributed by atoms with Crippen LogP contribution in [-0.2, 0) is 4.74 Å². The maximum Gasteiger partial charge on any atom is 0.166 e. The van der Waals surface area contributed by atoms with Crippen LogP contribution in [0.3, 0.4) is 0 Å². The molecule has 0 radical (unpaired) electrons. The lowest BCUT2D eigenvalue weighted by Gasteiger charge is -2.23. The molecule has 1 aliphatic carbocycles. The third-order valence-electron chi connectivity index (χ3n) is 5.26. The number of rotatable bonds is 12. The maximum absolute atomic E-state index is 13.9. The van der Waals surface area contributed by atoms with E-state index < -0.39 is 11.6 Å². The van der Waals surface area contributed by atoms with Gasteiger partial charge in [0.15, 0.2) is 11.6 Å². The van der Waals surface area contributed by atoms with Gasteiger partial charge in [-0.15, -0.1) is 0 Å². The highest BCUT2D eigenvalue weighted by Gasteiger charge is 2.19. The molecule has 0 amide bonds. The molecule has 146 valence electrons. The van der Waals surface area contributed by atoms with Gasteiger partial charge in [0.25, 0.3) is 0 Å². The minimum atomic E-state index is -0.771. The first-order valence-electron chi connectivity index (χ1n) is 10.5. The zero-order valence-corrected chi connectivity index (χ0v) is 16.2. The summed E-state index contributed by atoms with van der Waals surface area (Å²) in [6, 6.07) is 4.40. The van der Waals surface area contributed by atoms with Crippen molar-refractivity contribution in [3.63, 3.8) is 0 Å². The van der Waals surface area contributed by atoms with Crippen molar-refractivity contribution in [1.29, 1.82) is 0 Å². The number of benzene rings is 1. The molecule has 0 heterocycles. The van der Waals surface area contributed by atoms with E-state index in [0.29, 0.717) is 5.56 Å². The maximum atomic E-state index is 13.9. The van der Waals surface area contributed by atoms with Gasteiger partial charge in [0.2, 0.25) is 0 Å². The number of halogens is 2. The molecule has 0 fully saturated rings. The Labute approximate surface area is 157 Å². The normalized spacial score (nSPS) is 17.3. The largest absolute Gasteiger partial charge is 0.378 e. The third-order valence-corrected chi connectivity index (χ3v) is 5.26. The van der Waals surface area contributed by atoms with Crippen molar-refractivity contribution in [3.05, 3.63) is 41.5 Å². The van der Waals surface area contributed by atoms with Crippen LogP contribution in [-0.4, -0.2) is 12.7 Å². The fourth-order valence-corrected chi connectivity index (χ4v) is 3.62. The van der Waals surface area contributed by atoms with Crippen LogP contribution in [0.2, 0.25) is 0 Å². The molecule has 1 nitrogen and oxygen atoms in total. The fourth-order valence-electron chi connectivity index (χ4n) is 3.62. The summed E-state index contributed by atoms with van der Waals surface area (Å²) in [6.07, 6.45) is 16.5. The third kappa shape index (κ3) is 7.19. The average molecular weight is 365 g/mol. The van der Waals surface area contributed by atoms with Gasteiger partial charge in [0.05, 0.1) is 6.10 Å². The van der Waals surface area contributed by atoms with E-state index in [4.69, 9.17) is 4.74 Å². The first-order valence-corrected chi connectivity index (χ1v) is 10.5. The molecule has 1 aliphatic rings. The molecule has 3 heteroatoms. The lowest BCUT2D eigenvalue weighted by atomic mass is 9.91. The number of hydrogen-bond donors (Lipinski definition) is 0. The van der Waals surface area contributed by atoms with Crippen molar-refractivity contribution in [2.45, 2.75) is 90.1 Å². The van der Waals surface area contributed by atoms with Crippen molar-refractivity contribution in [2.24, 2.45) is 0 Å². The van der Waals surface area contributed by atoms with E-state index in [1.165, 1.54) is 57.4 Å². The average Bonchev–Trinajstić information content (AvgIpc) is 2.66. The SMILES string of the molecule is CCCCCCCCCCCOC1CC=C(c2cccc(F)c2F)CC1. The summed E-state index contributed by atoms with van der Waals surface area (Å²) in [5.74, 6) is -1.50. The smallest absolute Gasteiger partial charge is 0.166 e. The Bertz CT molecular complexity index is 553. The van der Waals surface area contributed by atoms with Gasteiger partial charge < -0.3 is 4.74 Å². The van der Waals surface area contributed by atoms with Crippen LogP contribution in [0, 0.1) is 11.6 Å². The van der Waals surface area contributed by atoms with Crippen molar-refractivity contribution in [2.75, 3.05) is 6.61 Å². The Morgan fingerprint density at radius 2 is 1.65 bits per heavy atom. The predicted molar refractivity (Wildman–Crippen MR) is 105 cm³/mol. The summed E-state index contributed by atoms with van der Waals surface area (Å²) in [4.78, 5) is 0. The Balaban J connectivity index is 1.56. The molecule has 1 aromatic carbocycles. The molecule has 0 aromatic heterocycles. The molecule has 26 heavy (non-hydrogen) atoms. The second-order valence-corrected chi connectivity index (χ2v) is 7.43. The highest BCUT2D eigenvalue weighted by atomic mass is 19.2. The Hall–Kier alpha value is -1.22. The Morgan fingerprint density at radius 3 is 2.31 bits per heavy atom. The van der Waals surface area contributed by atoms with E-state index in [0.717, 1.165) is 37.9 Å².